The zero-order chi connectivity index (χ0) is 17.1. The largest absolute Gasteiger partial charge is 0.508 e. The molecule has 22 heavy (non-hydrogen) atoms. The van der Waals surface area contributed by atoms with Crippen molar-refractivity contribution in [2.24, 2.45) is 5.41 Å². The summed E-state index contributed by atoms with van der Waals surface area (Å²) in [5.74, 6) is -0.545. The number of ether oxygens (including phenoxy) is 1. The minimum absolute atomic E-state index is 0.0383. The number of carbonyl (C=O) groups is 1. The van der Waals surface area contributed by atoms with E-state index in [0.29, 0.717) is 18.6 Å². The van der Waals surface area contributed by atoms with Crippen molar-refractivity contribution in [3.8, 4) is 5.75 Å². The lowest BCUT2D eigenvalue weighted by atomic mass is 9.79. The monoisotopic (exact) mass is 306 g/mol. The van der Waals surface area contributed by atoms with Gasteiger partial charge in [-0.3, -0.25) is 4.79 Å². The Labute approximate surface area is 134 Å². The van der Waals surface area contributed by atoms with Crippen LogP contribution in [0.2, 0.25) is 0 Å². The average Bonchev–Trinajstić information content (AvgIpc) is 2.34. The van der Waals surface area contributed by atoms with Gasteiger partial charge in [-0.25, -0.2) is 0 Å². The first-order chi connectivity index (χ1) is 9.95. The molecule has 0 bridgehead atoms. The van der Waals surface area contributed by atoms with E-state index in [1.54, 1.807) is 13.0 Å². The third-order valence-electron chi connectivity index (χ3n) is 3.66. The van der Waals surface area contributed by atoms with Gasteiger partial charge in [-0.2, -0.15) is 0 Å². The molecule has 1 unspecified atom stereocenters. The van der Waals surface area contributed by atoms with Gasteiger partial charge in [0.25, 0.3) is 0 Å². The zero-order valence-electron chi connectivity index (χ0n) is 15.0. The molecule has 124 valence electrons. The van der Waals surface area contributed by atoms with E-state index in [1.165, 1.54) is 0 Å². The summed E-state index contributed by atoms with van der Waals surface area (Å²) in [6, 6.07) is 5.55. The van der Waals surface area contributed by atoms with Gasteiger partial charge in [0.1, 0.15) is 5.75 Å². The number of carbonyl (C=O) groups excluding carboxylic acids is 1. The van der Waals surface area contributed by atoms with Crippen LogP contribution in [0.3, 0.4) is 0 Å². The summed E-state index contributed by atoms with van der Waals surface area (Å²) in [6.07, 6.45) is 0.632. The number of phenols is 1. The van der Waals surface area contributed by atoms with Gasteiger partial charge < -0.3 is 9.84 Å². The van der Waals surface area contributed by atoms with E-state index >= 15 is 0 Å². The van der Waals surface area contributed by atoms with Gasteiger partial charge >= 0.3 is 5.97 Å². The number of benzene rings is 1. The van der Waals surface area contributed by atoms with Gasteiger partial charge in [0.2, 0.25) is 0 Å². The molecule has 1 aromatic rings. The minimum atomic E-state index is -0.442. The van der Waals surface area contributed by atoms with Crippen molar-refractivity contribution in [2.45, 2.75) is 66.2 Å². The smallest absolute Gasteiger partial charge is 0.313 e. The predicted molar refractivity (Wildman–Crippen MR) is 90.3 cm³/mol. The first-order valence-corrected chi connectivity index (χ1v) is 7.95. The summed E-state index contributed by atoms with van der Waals surface area (Å²) >= 11 is 0. The quantitative estimate of drug-likeness (QED) is 0.815. The van der Waals surface area contributed by atoms with Crippen LogP contribution in [0.25, 0.3) is 0 Å². The molecule has 0 aromatic heterocycles. The Kier molecular flexibility index (Phi) is 5.66. The second-order valence-corrected chi connectivity index (χ2v) is 8.09. The van der Waals surface area contributed by atoms with Gasteiger partial charge in [-0.1, -0.05) is 53.7 Å². The van der Waals surface area contributed by atoms with E-state index in [1.807, 2.05) is 12.1 Å². The van der Waals surface area contributed by atoms with E-state index in [4.69, 9.17) is 4.74 Å². The maximum atomic E-state index is 12.4. The SMILES string of the molecule is CCOC(=O)C(CC(C)(C)C)c1cc(C(C)(C)C)ccc1O. The molecule has 3 nitrogen and oxygen atoms in total. The molecule has 0 aliphatic heterocycles. The van der Waals surface area contributed by atoms with Crippen LogP contribution in [-0.2, 0) is 14.9 Å². The van der Waals surface area contributed by atoms with Crippen molar-refractivity contribution >= 4 is 5.97 Å². The fourth-order valence-corrected chi connectivity index (χ4v) is 2.48. The van der Waals surface area contributed by atoms with Gasteiger partial charge in [-0.15, -0.1) is 0 Å². The highest BCUT2D eigenvalue weighted by atomic mass is 16.5. The Bertz CT molecular complexity index is 518. The standard InChI is InChI=1S/C19H30O3/c1-8-22-17(21)15(12-18(2,3)4)14-11-13(19(5,6)7)9-10-16(14)20/h9-11,15,20H,8,12H2,1-7H3. The Morgan fingerprint density at radius 2 is 1.77 bits per heavy atom. The molecule has 3 heteroatoms. The maximum Gasteiger partial charge on any atom is 0.313 e. The van der Waals surface area contributed by atoms with E-state index in [9.17, 15) is 9.90 Å². The molecule has 0 aliphatic carbocycles. The van der Waals surface area contributed by atoms with Crippen molar-refractivity contribution in [1.82, 2.24) is 0 Å². The molecule has 0 radical (unpaired) electrons. The first-order valence-electron chi connectivity index (χ1n) is 7.95. The molecule has 0 amide bonds. The molecule has 1 aromatic carbocycles. The van der Waals surface area contributed by atoms with E-state index in [2.05, 4.69) is 41.5 Å². The summed E-state index contributed by atoms with van der Waals surface area (Å²) in [4.78, 5) is 12.4. The van der Waals surface area contributed by atoms with Gasteiger partial charge in [0.15, 0.2) is 0 Å². The maximum absolute atomic E-state index is 12.4. The molecule has 0 fully saturated rings. The second-order valence-electron chi connectivity index (χ2n) is 8.09. The minimum Gasteiger partial charge on any atom is -0.508 e. The lowest BCUT2D eigenvalue weighted by Crippen LogP contribution is -2.22. The van der Waals surface area contributed by atoms with Crippen LogP contribution in [0.1, 0.15) is 71.9 Å². The fourth-order valence-electron chi connectivity index (χ4n) is 2.48. The molecule has 1 N–H and O–H groups in total. The summed E-state index contributed by atoms with van der Waals surface area (Å²) < 4.78 is 5.23. The third kappa shape index (κ3) is 5.04. The van der Waals surface area contributed by atoms with Crippen LogP contribution < -0.4 is 0 Å². The third-order valence-corrected chi connectivity index (χ3v) is 3.66. The van der Waals surface area contributed by atoms with Crippen molar-refractivity contribution in [2.75, 3.05) is 6.61 Å². The van der Waals surface area contributed by atoms with Crippen molar-refractivity contribution in [1.29, 1.82) is 0 Å². The molecule has 1 atom stereocenters. The lowest BCUT2D eigenvalue weighted by Gasteiger charge is -2.27. The number of rotatable bonds is 4. The molecule has 0 saturated heterocycles. The highest BCUT2D eigenvalue weighted by Gasteiger charge is 2.30. The normalized spacial score (nSPS) is 13.8. The summed E-state index contributed by atoms with van der Waals surface area (Å²) in [6.45, 7) is 14.8. The second kappa shape index (κ2) is 6.72. The van der Waals surface area contributed by atoms with Crippen LogP contribution in [0.4, 0.5) is 0 Å². The summed E-state index contributed by atoms with van der Waals surface area (Å²) in [7, 11) is 0. The number of esters is 1. The highest BCUT2D eigenvalue weighted by molar-refractivity contribution is 5.79. The summed E-state index contributed by atoms with van der Waals surface area (Å²) in [5, 5.41) is 10.3. The Balaban J connectivity index is 3.32. The van der Waals surface area contributed by atoms with Crippen molar-refractivity contribution in [3.05, 3.63) is 29.3 Å². The van der Waals surface area contributed by atoms with E-state index in [-0.39, 0.29) is 22.5 Å². The van der Waals surface area contributed by atoms with E-state index < -0.39 is 5.92 Å². The zero-order valence-corrected chi connectivity index (χ0v) is 15.0. The van der Waals surface area contributed by atoms with Gasteiger partial charge in [-0.05, 0) is 35.8 Å². The number of phenolic OH excluding ortho intramolecular Hbond substituents is 1. The topological polar surface area (TPSA) is 46.5 Å². The highest BCUT2D eigenvalue weighted by Crippen LogP contribution is 2.38. The lowest BCUT2D eigenvalue weighted by molar-refractivity contribution is -0.145. The van der Waals surface area contributed by atoms with Crippen LogP contribution in [-0.4, -0.2) is 17.7 Å². The average molecular weight is 306 g/mol. The summed E-state index contributed by atoms with van der Waals surface area (Å²) in [5.41, 5.74) is 1.69. The number of aromatic hydroxyl groups is 1. The Hall–Kier alpha value is -1.51. The molecule has 0 saturated carbocycles. The van der Waals surface area contributed by atoms with Crippen LogP contribution in [0.5, 0.6) is 5.75 Å². The molecule has 0 spiro atoms. The molecule has 0 heterocycles. The Morgan fingerprint density at radius 3 is 2.23 bits per heavy atom. The molecular formula is C19H30O3. The number of hydrogen-bond donors (Lipinski definition) is 1. The molecule has 1 rings (SSSR count). The number of hydrogen-bond acceptors (Lipinski definition) is 3. The van der Waals surface area contributed by atoms with E-state index in [0.717, 1.165) is 5.56 Å². The van der Waals surface area contributed by atoms with Crippen LogP contribution >= 0.6 is 0 Å². The molecular weight excluding hydrogens is 276 g/mol. The fraction of sp³-hybridized carbons (Fsp3) is 0.632. The van der Waals surface area contributed by atoms with Crippen LogP contribution in [0, 0.1) is 5.41 Å². The first kappa shape index (κ1) is 18.5. The van der Waals surface area contributed by atoms with Gasteiger partial charge in [0, 0.05) is 5.56 Å². The van der Waals surface area contributed by atoms with Crippen molar-refractivity contribution < 1.29 is 14.6 Å². The molecule has 0 aliphatic rings. The van der Waals surface area contributed by atoms with Crippen LogP contribution in [0.15, 0.2) is 18.2 Å². The predicted octanol–water partition coefficient (Wildman–Crippen LogP) is 4.77. The Morgan fingerprint density at radius 1 is 1.18 bits per heavy atom. The van der Waals surface area contributed by atoms with Crippen molar-refractivity contribution in [3.63, 3.8) is 0 Å². The van der Waals surface area contributed by atoms with Gasteiger partial charge in [0.05, 0.1) is 12.5 Å².